The lowest BCUT2D eigenvalue weighted by Crippen LogP contribution is -2.49. The molecule has 0 spiro atoms. The van der Waals surface area contributed by atoms with Crippen molar-refractivity contribution in [3.63, 3.8) is 0 Å². The standard InChI is InChI=1S/C25H27ClN4O3/c1-3-33-22-10-4-19(5-11-22)17-28-12-14-29(15-13-28)25(32)24-23(31)16-18(2)30(27-24)21-8-6-20(26)7-9-21/h4-11,16H,3,12-15,17H2,1-2H3. The largest absolute Gasteiger partial charge is 0.494 e. The molecular formula is C25H27ClN4O3. The molecule has 0 bridgehead atoms. The number of rotatable bonds is 6. The average molecular weight is 467 g/mol. The number of aromatic nitrogens is 2. The third kappa shape index (κ3) is 5.43. The van der Waals surface area contributed by atoms with Gasteiger partial charge in [-0.15, -0.1) is 0 Å². The van der Waals surface area contributed by atoms with E-state index in [1.165, 1.54) is 11.6 Å². The van der Waals surface area contributed by atoms with Crippen LogP contribution in [0.5, 0.6) is 5.75 Å². The molecular weight excluding hydrogens is 440 g/mol. The topological polar surface area (TPSA) is 67.7 Å². The predicted octanol–water partition coefficient (Wildman–Crippen LogP) is 3.55. The number of carbonyl (C=O) groups is 1. The fourth-order valence-corrected chi connectivity index (χ4v) is 4.04. The van der Waals surface area contributed by atoms with Crippen LogP contribution < -0.4 is 10.2 Å². The number of amides is 1. The highest BCUT2D eigenvalue weighted by Gasteiger charge is 2.25. The minimum atomic E-state index is -0.362. The van der Waals surface area contributed by atoms with Crippen LogP contribution in [-0.2, 0) is 6.54 Å². The summed E-state index contributed by atoms with van der Waals surface area (Å²) >= 11 is 5.98. The summed E-state index contributed by atoms with van der Waals surface area (Å²) in [6.45, 7) is 7.77. The Morgan fingerprint density at radius 3 is 2.33 bits per heavy atom. The number of nitrogens with zero attached hydrogens (tertiary/aromatic N) is 4. The minimum absolute atomic E-state index is 0.0597. The summed E-state index contributed by atoms with van der Waals surface area (Å²) in [7, 11) is 0. The van der Waals surface area contributed by atoms with Gasteiger partial charge >= 0.3 is 0 Å². The highest BCUT2D eigenvalue weighted by atomic mass is 35.5. The van der Waals surface area contributed by atoms with E-state index in [0.29, 0.717) is 30.4 Å². The molecule has 0 radical (unpaired) electrons. The second kappa shape index (κ2) is 10.2. The first-order chi connectivity index (χ1) is 15.9. The number of piperazine rings is 1. The second-order valence-corrected chi connectivity index (χ2v) is 8.47. The van der Waals surface area contributed by atoms with E-state index in [2.05, 4.69) is 22.1 Å². The highest BCUT2D eigenvalue weighted by molar-refractivity contribution is 6.30. The fourth-order valence-electron chi connectivity index (χ4n) is 3.91. The molecule has 0 aliphatic carbocycles. The summed E-state index contributed by atoms with van der Waals surface area (Å²) in [5, 5.41) is 5.01. The van der Waals surface area contributed by atoms with Crippen LogP contribution in [0, 0.1) is 6.92 Å². The van der Waals surface area contributed by atoms with Crippen molar-refractivity contribution >= 4 is 17.5 Å². The van der Waals surface area contributed by atoms with Crippen LogP contribution in [0.15, 0.2) is 59.4 Å². The normalized spacial score (nSPS) is 14.3. The zero-order chi connectivity index (χ0) is 23.4. The third-order valence-corrected chi connectivity index (χ3v) is 5.93. The Morgan fingerprint density at radius 1 is 1.03 bits per heavy atom. The summed E-state index contributed by atoms with van der Waals surface area (Å²) in [6, 6.07) is 16.7. The van der Waals surface area contributed by atoms with Gasteiger partial charge < -0.3 is 9.64 Å². The average Bonchev–Trinajstić information content (AvgIpc) is 2.81. The Labute approximate surface area is 198 Å². The quantitative estimate of drug-likeness (QED) is 0.555. The summed E-state index contributed by atoms with van der Waals surface area (Å²) in [5.41, 5.74) is 2.17. The van der Waals surface area contributed by atoms with Crippen molar-refractivity contribution in [1.82, 2.24) is 19.6 Å². The third-order valence-electron chi connectivity index (χ3n) is 5.68. The van der Waals surface area contributed by atoms with Crippen LogP contribution in [0.2, 0.25) is 5.02 Å². The van der Waals surface area contributed by atoms with Gasteiger partial charge in [-0.3, -0.25) is 14.5 Å². The van der Waals surface area contributed by atoms with E-state index in [9.17, 15) is 9.59 Å². The summed E-state index contributed by atoms with van der Waals surface area (Å²) in [5.74, 6) is 0.537. The van der Waals surface area contributed by atoms with E-state index >= 15 is 0 Å². The Kier molecular flexibility index (Phi) is 7.11. The molecule has 33 heavy (non-hydrogen) atoms. The molecule has 1 aliphatic heterocycles. The van der Waals surface area contributed by atoms with Gasteiger partial charge in [-0.1, -0.05) is 23.7 Å². The van der Waals surface area contributed by atoms with Crippen molar-refractivity contribution in [3.8, 4) is 11.4 Å². The van der Waals surface area contributed by atoms with Crippen LogP contribution >= 0.6 is 11.6 Å². The van der Waals surface area contributed by atoms with Gasteiger partial charge in [0.1, 0.15) is 5.75 Å². The molecule has 2 aromatic carbocycles. The number of aryl methyl sites for hydroxylation is 1. The van der Waals surface area contributed by atoms with Gasteiger partial charge in [0.15, 0.2) is 5.69 Å². The van der Waals surface area contributed by atoms with Gasteiger partial charge in [-0.25, -0.2) is 4.68 Å². The molecule has 2 heterocycles. The molecule has 1 amide bonds. The maximum absolute atomic E-state index is 13.1. The molecule has 8 heteroatoms. The molecule has 1 saturated heterocycles. The maximum Gasteiger partial charge on any atom is 0.278 e. The molecule has 1 aliphatic rings. The van der Waals surface area contributed by atoms with E-state index < -0.39 is 0 Å². The number of halogens is 1. The van der Waals surface area contributed by atoms with Gasteiger partial charge in [-0.2, -0.15) is 5.10 Å². The molecule has 3 aromatic rings. The summed E-state index contributed by atoms with van der Waals surface area (Å²) < 4.78 is 7.10. The van der Waals surface area contributed by atoms with Crippen LogP contribution in [0.25, 0.3) is 5.69 Å². The zero-order valence-corrected chi connectivity index (χ0v) is 19.6. The molecule has 7 nitrogen and oxygen atoms in total. The van der Waals surface area contributed by atoms with Crippen molar-refractivity contribution < 1.29 is 9.53 Å². The Hall–Kier alpha value is -3.16. The minimum Gasteiger partial charge on any atom is -0.494 e. The fraction of sp³-hybridized carbons (Fsp3) is 0.320. The second-order valence-electron chi connectivity index (χ2n) is 8.03. The maximum atomic E-state index is 13.1. The Balaban J connectivity index is 1.42. The van der Waals surface area contributed by atoms with E-state index in [4.69, 9.17) is 16.3 Å². The SMILES string of the molecule is CCOc1ccc(CN2CCN(C(=O)c3nn(-c4ccc(Cl)cc4)c(C)cc3=O)CC2)cc1. The Morgan fingerprint density at radius 2 is 1.70 bits per heavy atom. The van der Waals surface area contributed by atoms with Crippen molar-refractivity contribution in [3.05, 3.63) is 86.8 Å². The first kappa shape index (κ1) is 23.0. The molecule has 1 fully saturated rings. The molecule has 0 N–H and O–H groups in total. The van der Waals surface area contributed by atoms with Crippen molar-refractivity contribution in [1.29, 1.82) is 0 Å². The van der Waals surface area contributed by atoms with Crippen molar-refractivity contribution in [2.24, 2.45) is 0 Å². The lowest BCUT2D eigenvalue weighted by atomic mass is 10.2. The Bertz CT molecular complexity index is 1170. The van der Waals surface area contributed by atoms with Gasteiger partial charge in [0.25, 0.3) is 5.91 Å². The number of benzene rings is 2. The molecule has 1 aromatic heterocycles. The van der Waals surface area contributed by atoms with Crippen LogP contribution in [-0.4, -0.2) is 58.3 Å². The molecule has 0 saturated carbocycles. The molecule has 172 valence electrons. The van der Waals surface area contributed by atoms with Crippen LogP contribution in [0.1, 0.15) is 28.7 Å². The summed E-state index contributed by atoms with van der Waals surface area (Å²) in [4.78, 5) is 29.7. The lowest BCUT2D eigenvalue weighted by Gasteiger charge is -2.34. The molecule has 0 unspecified atom stereocenters. The van der Waals surface area contributed by atoms with Crippen LogP contribution in [0.4, 0.5) is 0 Å². The smallest absolute Gasteiger partial charge is 0.278 e. The number of hydrogen-bond acceptors (Lipinski definition) is 5. The van der Waals surface area contributed by atoms with Gasteiger partial charge in [0.2, 0.25) is 5.43 Å². The first-order valence-corrected chi connectivity index (χ1v) is 11.4. The number of ether oxygens (including phenoxy) is 1. The van der Waals surface area contributed by atoms with E-state index in [-0.39, 0.29) is 17.0 Å². The van der Waals surface area contributed by atoms with E-state index in [1.807, 2.05) is 19.1 Å². The predicted molar refractivity (Wildman–Crippen MR) is 128 cm³/mol. The van der Waals surface area contributed by atoms with Gasteiger partial charge in [0, 0.05) is 49.5 Å². The van der Waals surface area contributed by atoms with Crippen molar-refractivity contribution in [2.75, 3.05) is 32.8 Å². The molecule has 4 rings (SSSR count). The highest BCUT2D eigenvalue weighted by Crippen LogP contribution is 2.16. The van der Waals surface area contributed by atoms with E-state index in [0.717, 1.165) is 31.1 Å². The van der Waals surface area contributed by atoms with Gasteiger partial charge in [0.05, 0.1) is 12.3 Å². The lowest BCUT2D eigenvalue weighted by molar-refractivity contribution is 0.0619. The van der Waals surface area contributed by atoms with E-state index in [1.54, 1.807) is 40.8 Å². The van der Waals surface area contributed by atoms with Gasteiger partial charge in [-0.05, 0) is 55.8 Å². The number of hydrogen-bond donors (Lipinski definition) is 0. The van der Waals surface area contributed by atoms with Crippen molar-refractivity contribution in [2.45, 2.75) is 20.4 Å². The monoisotopic (exact) mass is 466 g/mol. The zero-order valence-electron chi connectivity index (χ0n) is 18.8. The van der Waals surface area contributed by atoms with Crippen LogP contribution in [0.3, 0.4) is 0 Å². The molecule has 0 atom stereocenters. The first-order valence-electron chi connectivity index (χ1n) is 11.0. The number of carbonyl (C=O) groups excluding carboxylic acids is 1. The summed E-state index contributed by atoms with van der Waals surface area (Å²) in [6.07, 6.45) is 0.